The molecule has 0 unspecified atom stereocenters. The van der Waals surface area contributed by atoms with Crippen LogP contribution in [0.15, 0.2) is 36.7 Å². The monoisotopic (exact) mass is 232 g/mol. The lowest BCUT2D eigenvalue weighted by Crippen LogP contribution is -1.84. The van der Waals surface area contributed by atoms with Crippen LogP contribution in [-0.2, 0) is 0 Å². The van der Waals surface area contributed by atoms with E-state index in [0.29, 0.717) is 21.7 Å². The predicted molar refractivity (Wildman–Crippen MR) is 59.4 cm³/mol. The average molecular weight is 233 g/mol. The summed E-state index contributed by atoms with van der Waals surface area (Å²) in [5.74, 6) is -0.420. The van der Waals surface area contributed by atoms with Crippen molar-refractivity contribution in [2.45, 2.75) is 0 Å². The van der Waals surface area contributed by atoms with Gasteiger partial charge in [0.2, 0.25) is 0 Å². The fraction of sp³-hybridized carbons (Fsp3) is 0. The smallest absolute Gasteiger partial charge is 0.142 e. The summed E-state index contributed by atoms with van der Waals surface area (Å²) in [6.45, 7) is 0. The Morgan fingerprint density at radius 3 is 2.62 bits per heavy atom. The highest BCUT2D eigenvalue weighted by Crippen LogP contribution is 2.24. The quantitative estimate of drug-likeness (QED) is 0.756. The van der Waals surface area contributed by atoms with Crippen molar-refractivity contribution in [2.24, 2.45) is 0 Å². The number of benzene rings is 1. The topological polar surface area (TPSA) is 36.7 Å². The van der Waals surface area contributed by atoms with Gasteiger partial charge in [0.1, 0.15) is 5.82 Å². The maximum absolute atomic E-state index is 13.0. The summed E-state index contributed by atoms with van der Waals surface area (Å²) in [4.78, 5) is 3.74. The number of pyridine rings is 1. The normalized spacial score (nSPS) is 9.81. The first-order valence-electron chi connectivity index (χ1n) is 4.50. The summed E-state index contributed by atoms with van der Waals surface area (Å²) in [7, 11) is 0. The van der Waals surface area contributed by atoms with Crippen LogP contribution in [0.3, 0.4) is 0 Å². The molecule has 0 aliphatic carbocycles. The van der Waals surface area contributed by atoms with Gasteiger partial charge in [0, 0.05) is 16.8 Å². The van der Waals surface area contributed by atoms with Crippen molar-refractivity contribution >= 4 is 11.6 Å². The van der Waals surface area contributed by atoms with Crippen molar-refractivity contribution in [3.8, 4) is 17.2 Å². The van der Waals surface area contributed by atoms with Crippen LogP contribution in [0.1, 0.15) is 5.56 Å². The van der Waals surface area contributed by atoms with Gasteiger partial charge in [-0.15, -0.1) is 0 Å². The SMILES string of the molecule is N#Cc1cc(Cl)cc(-c2cncc(F)c2)c1. The molecule has 1 aromatic heterocycles. The molecule has 0 N–H and O–H groups in total. The predicted octanol–water partition coefficient (Wildman–Crippen LogP) is 3.41. The molecule has 0 bridgehead atoms. The summed E-state index contributed by atoms with van der Waals surface area (Å²) in [6.07, 6.45) is 2.65. The summed E-state index contributed by atoms with van der Waals surface area (Å²) < 4.78 is 13.0. The first-order chi connectivity index (χ1) is 7.69. The van der Waals surface area contributed by atoms with E-state index in [1.165, 1.54) is 12.3 Å². The molecular weight excluding hydrogens is 227 g/mol. The van der Waals surface area contributed by atoms with E-state index < -0.39 is 5.82 Å². The molecule has 2 rings (SSSR count). The summed E-state index contributed by atoms with van der Waals surface area (Å²) in [6, 6.07) is 8.20. The molecule has 1 aromatic carbocycles. The first kappa shape index (κ1) is 10.6. The Hall–Kier alpha value is -1.92. The third kappa shape index (κ3) is 2.18. The van der Waals surface area contributed by atoms with Gasteiger partial charge in [-0.3, -0.25) is 4.98 Å². The molecule has 0 atom stereocenters. The van der Waals surface area contributed by atoms with Crippen LogP contribution >= 0.6 is 11.6 Å². The average Bonchev–Trinajstić information content (AvgIpc) is 2.28. The molecule has 0 spiro atoms. The van der Waals surface area contributed by atoms with E-state index in [9.17, 15) is 4.39 Å². The third-order valence-electron chi connectivity index (χ3n) is 2.07. The number of rotatable bonds is 1. The first-order valence-corrected chi connectivity index (χ1v) is 4.88. The van der Waals surface area contributed by atoms with Crippen molar-refractivity contribution < 1.29 is 4.39 Å². The van der Waals surface area contributed by atoms with Crippen LogP contribution in [0.4, 0.5) is 4.39 Å². The van der Waals surface area contributed by atoms with Gasteiger partial charge in [-0.25, -0.2) is 4.39 Å². The minimum absolute atomic E-state index is 0.420. The number of nitrogens with zero attached hydrogens (tertiary/aromatic N) is 2. The third-order valence-corrected chi connectivity index (χ3v) is 2.28. The van der Waals surface area contributed by atoms with Crippen molar-refractivity contribution in [1.29, 1.82) is 5.26 Å². The molecule has 2 aromatic rings. The van der Waals surface area contributed by atoms with Crippen LogP contribution in [0.25, 0.3) is 11.1 Å². The Morgan fingerprint density at radius 1 is 1.12 bits per heavy atom. The molecular formula is C12H6ClFN2. The zero-order valence-corrected chi connectivity index (χ0v) is 8.87. The minimum Gasteiger partial charge on any atom is -0.261 e. The van der Waals surface area contributed by atoms with Gasteiger partial charge in [-0.2, -0.15) is 5.26 Å². The Labute approximate surface area is 96.9 Å². The maximum Gasteiger partial charge on any atom is 0.142 e. The van der Waals surface area contributed by atoms with Crippen LogP contribution < -0.4 is 0 Å². The minimum atomic E-state index is -0.420. The van der Waals surface area contributed by atoms with E-state index in [4.69, 9.17) is 16.9 Å². The number of nitriles is 1. The highest BCUT2D eigenvalue weighted by atomic mass is 35.5. The van der Waals surface area contributed by atoms with Gasteiger partial charge in [0.15, 0.2) is 0 Å². The molecule has 0 saturated carbocycles. The molecule has 1 heterocycles. The molecule has 0 radical (unpaired) electrons. The molecule has 78 valence electrons. The Morgan fingerprint density at radius 2 is 1.94 bits per heavy atom. The Kier molecular flexibility index (Phi) is 2.84. The van der Waals surface area contributed by atoms with Gasteiger partial charge in [-0.1, -0.05) is 11.6 Å². The van der Waals surface area contributed by atoms with Gasteiger partial charge in [0.05, 0.1) is 17.8 Å². The number of halogens is 2. The van der Waals surface area contributed by atoms with Crippen LogP contribution in [-0.4, -0.2) is 4.98 Å². The van der Waals surface area contributed by atoms with Crippen molar-refractivity contribution in [3.05, 3.63) is 53.1 Å². The van der Waals surface area contributed by atoms with Crippen molar-refractivity contribution in [1.82, 2.24) is 4.98 Å². The number of hydrogen-bond donors (Lipinski definition) is 0. The second-order valence-corrected chi connectivity index (χ2v) is 3.67. The van der Waals surface area contributed by atoms with Crippen LogP contribution in [0, 0.1) is 17.1 Å². The molecule has 0 aliphatic heterocycles. The van der Waals surface area contributed by atoms with E-state index in [0.717, 1.165) is 6.20 Å². The molecule has 16 heavy (non-hydrogen) atoms. The van der Waals surface area contributed by atoms with Gasteiger partial charge in [0.25, 0.3) is 0 Å². The largest absolute Gasteiger partial charge is 0.261 e. The molecule has 0 saturated heterocycles. The summed E-state index contributed by atoms with van der Waals surface area (Å²) in [5, 5.41) is 9.23. The highest BCUT2D eigenvalue weighted by molar-refractivity contribution is 6.31. The number of aromatic nitrogens is 1. The van der Waals surface area contributed by atoms with Crippen LogP contribution in [0.5, 0.6) is 0 Å². The molecule has 4 heteroatoms. The lowest BCUT2D eigenvalue weighted by atomic mass is 10.1. The molecule has 0 aliphatic rings. The van der Waals surface area contributed by atoms with E-state index in [1.54, 1.807) is 18.2 Å². The summed E-state index contributed by atoms with van der Waals surface area (Å²) >= 11 is 5.85. The zero-order chi connectivity index (χ0) is 11.5. The van der Waals surface area contributed by atoms with Crippen molar-refractivity contribution in [2.75, 3.05) is 0 Å². The lowest BCUT2D eigenvalue weighted by Gasteiger charge is -2.02. The fourth-order valence-corrected chi connectivity index (χ4v) is 1.63. The fourth-order valence-electron chi connectivity index (χ4n) is 1.39. The van der Waals surface area contributed by atoms with Crippen LogP contribution in [0.2, 0.25) is 5.02 Å². The van der Waals surface area contributed by atoms with Gasteiger partial charge in [-0.05, 0) is 29.8 Å². The molecule has 2 nitrogen and oxygen atoms in total. The lowest BCUT2D eigenvalue weighted by molar-refractivity contribution is 0.622. The van der Waals surface area contributed by atoms with Gasteiger partial charge < -0.3 is 0 Å². The molecule has 0 fully saturated rings. The second kappa shape index (κ2) is 4.30. The van der Waals surface area contributed by atoms with E-state index in [2.05, 4.69) is 4.98 Å². The van der Waals surface area contributed by atoms with E-state index in [-0.39, 0.29) is 0 Å². The second-order valence-electron chi connectivity index (χ2n) is 3.23. The Bertz CT molecular complexity index is 575. The standard InChI is InChI=1S/C12H6ClFN2/c13-11-2-8(5-15)1-9(3-11)10-4-12(14)7-16-6-10/h1-4,6-7H. The summed E-state index contributed by atoms with van der Waals surface area (Å²) in [5.41, 5.74) is 1.71. The maximum atomic E-state index is 13.0. The molecule has 0 amide bonds. The highest BCUT2D eigenvalue weighted by Gasteiger charge is 2.03. The van der Waals surface area contributed by atoms with Crippen molar-refractivity contribution in [3.63, 3.8) is 0 Å². The zero-order valence-electron chi connectivity index (χ0n) is 8.11. The number of hydrogen-bond acceptors (Lipinski definition) is 2. The van der Waals surface area contributed by atoms with E-state index in [1.807, 2.05) is 6.07 Å². The van der Waals surface area contributed by atoms with E-state index >= 15 is 0 Å². The Balaban J connectivity index is 2.56. The van der Waals surface area contributed by atoms with Gasteiger partial charge >= 0.3 is 0 Å².